The van der Waals surface area contributed by atoms with E-state index in [1.165, 1.54) is 38.5 Å². The Balaban J connectivity index is 0. The summed E-state index contributed by atoms with van der Waals surface area (Å²) in [4.78, 5) is 9.62. The molecule has 0 radical (unpaired) electrons. The van der Waals surface area contributed by atoms with Gasteiger partial charge in [-0.1, -0.05) is 52.4 Å². The summed E-state index contributed by atoms with van der Waals surface area (Å²) in [5.41, 5.74) is 0. The summed E-state index contributed by atoms with van der Waals surface area (Å²) in [6.45, 7) is 5.77. The highest BCUT2D eigenvalue weighted by molar-refractivity contribution is 5.36. The summed E-state index contributed by atoms with van der Waals surface area (Å²) >= 11 is 0. The van der Waals surface area contributed by atoms with Gasteiger partial charge in [0.05, 0.1) is 6.61 Å². The van der Waals surface area contributed by atoms with Gasteiger partial charge in [0.15, 0.2) is 0 Å². The minimum absolute atomic E-state index is 0.361. The average molecular weight is 232 g/mol. The van der Waals surface area contributed by atoms with E-state index in [4.69, 9.17) is 5.11 Å². The molecule has 0 fully saturated rings. The van der Waals surface area contributed by atoms with Crippen molar-refractivity contribution >= 4 is 6.47 Å². The molecule has 0 amide bonds. The Hall–Kier alpha value is -0.570. The van der Waals surface area contributed by atoms with Gasteiger partial charge in [-0.25, -0.2) is 0 Å². The lowest BCUT2D eigenvalue weighted by atomic mass is 10.2. The van der Waals surface area contributed by atoms with Gasteiger partial charge in [-0.15, -0.1) is 0 Å². The Morgan fingerprint density at radius 2 is 1.50 bits per heavy atom. The lowest BCUT2D eigenvalue weighted by Gasteiger charge is -1.95. The van der Waals surface area contributed by atoms with Crippen LogP contribution in [0, 0.1) is 0 Å². The van der Waals surface area contributed by atoms with Gasteiger partial charge < -0.3 is 9.84 Å². The largest absolute Gasteiger partial charge is 0.468 e. The molecule has 3 nitrogen and oxygen atoms in total. The minimum Gasteiger partial charge on any atom is -0.468 e. The van der Waals surface area contributed by atoms with E-state index >= 15 is 0 Å². The lowest BCUT2D eigenvalue weighted by Crippen LogP contribution is -1.90. The van der Waals surface area contributed by atoms with Crippen LogP contribution < -0.4 is 0 Å². The number of carbonyl (C=O) groups is 1. The second kappa shape index (κ2) is 19.9. The summed E-state index contributed by atoms with van der Waals surface area (Å²) in [5, 5.41) is 8.29. The molecule has 0 saturated carbocycles. The van der Waals surface area contributed by atoms with Crippen LogP contribution in [0.5, 0.6) is 0 Å². The maximum absolute atomic E-state index is 9.62. The van der Waals surface area contributed by atoms with Crippen molar-refractivity contribution in [2.75, 3.05) is 13.2 Å². The summed E-state index contributed by atoms with van der Waals surface area (Å²) in [6.07, 6.45) is 9.32. The van der Waals surface area contributed by atoms with Crippen LogP contribution in [-0.2, 0) is 9.53 Å². The molecule has 1 N–H and O–H groups in total. The molecule has 98 valence electrons. The molecule has 0 aliphatic rings. The number of ether oxygens (including phenoxy) is 1. The summed E-state index contributed by atoms with van der Waals surface area (Å²) in [6, 6.07) is 0. The van der Waals surface area contributed by atoms with Crippen molar-refractivity contribution in [2.45, 2.75) is 65.2 Å². The minimum atomic E-state index is 0.361. The fourth-order valence-electron chi connectivity index (χ4n) is 1.20. The van der Waals surface area contributed by atoms with E-state index < -0.39 is 0 Å². The maximum Gasteiger partial charge on any atom is 0.293 e. The van der Waals surface area contributed by atoms with Crippen LogP contribution in [0.25, 0.3) is 0 Å². The summed E-state index contributed by atoms with van der Waals surface area (Å²) < 4.78 is 4.50. The molecule has 16 heavy (non-hydrogen) atoms. The highest BCUT2D eigenvalue weighted by Crippen LogP contribution is 1.97. The van der Waals surface area contributed by atoms with Crippen LogP contribution in [-0.4, -0.2) is 24.8 Å². The molecule has 0 aromatic carbocycles. The molecule has 0 unspecified atom stereocenters. The molecule has 0 bridgehead atoms. The first kappa shape index (κ1) is 17.8. The molecule has 0 spiro atoms. The smallest absolute Gasteiger partial charge is 0.293 e. The van der Waals surface area contributed by atoms with E-state index in [1.54, 1.807) is 0 Å². The first-order valence-corrected chi connectivity index (χ1v) is 6.49. The van der Waals surface area contributed by atoms with E-state index in [2.05, 4.69) is 18.6 Å². The van der Waals surface area contributed by atoms with Crippen molar-refractivity contribution in [3.8, 4) is 0 Å². The zero-order valence-corrected chi connectivity index (χ0v) is 10.9. The number of hydrogen-bond acceptors (Lipinski definition) is 3. The highest BCUT2D eigenvalue weighted by atomic mass is 16.5. The molecule has 0 atom stereocenters. The van der Waals surface area contributed by atoms with Crippen LogP contribution in [0.2, 0.25) is 0 Å². The van der Waals surface area contributed by atoms with E-state index in [0.717, 1.165) is 12.8 Å². The van der Waals surface area contributed by atoms with Crippen LogP contribution >= 0.6 is 0 Å². The predicted molar refractivity (Wildman–Crippen MR) is 67.4 cm³/mol. The number of aliphatic hydroxyl groups excluding tert-OH is 1. The topological polar surface area (TPSA) is 46.5 Å². The molecule has 3 heteroatoms. The van der Waals surface area contributed by atoms with E-state index in [9.17, 15) is 4.79 Å². The Morgan fingerprint density at radius 1 is 0.938 bits per heavy atom. The third-order valence-corrected chi connectivity index (χ3v) is 2.20. The average Bonchev–Trinajstić information content (AvgIpc) is 2.31. The Kier molecular flexibility index (Phi) is 22.2. The van der Waals surface area contributed by atoms with Crippen molar-refractivity contribution in [2.24, 2.45) is 0 Å². The molecule has 0 aromatic heterocycles. The number of carbonyl (C=O) groups excluding carboxylic acids is 1. The van der Waals surface area contributed by atoms with Crippen molar-refractivity contribution in [3.05, 3.63) is 0 Å². The highest BCUT2D eigenvalue weighted by Gasteiger charge is 1.85. The van der Waals surface area contributed by atoms with Crippen LogP contribution in [0.4, 0.5) is 0 Å². The Labute approximate surface area is 100 Å². The van der Waals surface area contributed by atoms with Crippen LogP contribution in [0.1, 0.15) is 65.2 Å². The molecule has 0 saturated heterocycles. The van der Waals surface area contributed by atoms with Crippen molar-refractivity contribution in [1.82, 2.24) is 0 Å². The first-order valence-electron chi connectivity index (χ1n) is 6.49. The third-order valence-electron chi connectivity index (χ3n) is 2.20. The monoisotopic (exact) mass is 232 g/mol. The molecule has 0 aromatic rings. The molecular formula is C13H28O3. The Bertz CT molecular complexity index is 112. The van der Waals surface area contributed by atoms with Gasteiger partial charge in [0.25, 0.3) is 6.47 Å². The van der Waals surface area contributed by atoms with Gasteiger partial charge in [-0.3, -0.25) is 4.79 Å². The van der Waals surface area contributed by atoms with Crippen molar-refractivity contribution in [1.29, 1.82) is 0 Å². The van der Waals surface area contributed by atoms with Gasteiger partial charge >= 0.3 is 0 Å². The van der Waals surface area contributed by atoms with E-state index in [0.29, 0.717) is 19.7 Å². The second-order valence-electron chi connectivity index (χ2n) is 3.81. The first-order chi connectivity index (χ1) is 7.83. The van der Waals surface area contributed by atoms with Gasteiger partial charge in [-0.2, -0.15) is 0 Å². The zero-order valence-electron chi connectivity index (χ0n) is 10.9. The molecular weight excluding hydrogens is 204 g/mol. The quantitative estimate of drug-likeness (QED) is 0.464. The van der Waals surface area contributed by atoms with Crippen molar-refractivity contribution in [3.63, 3.8) is 0 Å². The molecule has 0 rings (SSSR count). The Morgan fingerprint density at radius 3 is 1.94 bits per heavy atom. The van der Waals surface area contributed by atoms with Crippen molar-refractivity contribution < 1.29 is 14.6 Å². The number of rotatable bonds is 10. The maximum atomic E-state index is 9.62. The summed E-state index contributed by atoms with van der Waals surface area (Å²) in [7, 11) is 0. The fraction of sp³-hybridized carbons (Fsp3) is 0.923. The SMILES string of the molecule is CCCCCCO.CCCCCCOC=O. The van der Waals surface area contributed by atoms with Gasteiger partial charge in [0.1, 0.15) is 0 Å². The zero-order chi connectivity index (χ0) is 12.5. The third kappa shape index (κ3) is 23.3. The van der Waals surface area contributed by atoms with Gasteiger partial charge in [0, 0.05) is 6.61 Å². The van der Waals surface area contributed by atoms with Gasteiger partial charge in [-0.05, 0) is 12.8 Å². The normalized spacial score (nSPS) is 9.19. The van der Waals surface area contributed by atoms with E-state index in [1.807, 2.05) is 0 Å². The van der Waals surface area contributed by atoms with Gasteiger partial charge in [0.2, 0.25) is 0 Å². The fourth-order valence-corrected chi connectivity index (χ4v) is 1.20. The standard InChI is InChI=1S/C7H14O2.C6H14O/c1-2-3-4-5-6-9-7-8;1-2-3-4-5-6-7/h7H,2-6H2,1H3;7H,2-6H2,1H3. The molecule has 0 aliphatic heterocycles. The number of aliphatic hydroxyl groups is 1. The lowest BCUT2D eigenvalue weighted by molar-refractivity contribution is -0.128. The molecule has 0 heterocycles. The summed E-state index contributed by atoms with van der Waals surface area (Å²) in [5.74, 6) is 0. The second-order valence-corrected chi connectivity index (χ2v) is 3.81. The number of hydrogen-bond donors (Lipinski definition) is 1. The van der Waals surface area contributed by atoms with Crippen LogP contribution in [0.3, 0.4) is 0 Å². The predicted octanol–water partition coefficient (Wildman–Crippen LogP) is 3.30. The molecule has 0 aliphatic carbocycles. The van der Waals surface area contributed by atoms with E-state index in [-0.39, 0.29) is 0 Å². The van der Waals surface area contributed by atoms with Crippen LogP contribution in [0.15, 0.2) is 0 Å². The number of unbranched alkanes of at least 4 members (excludes halogenated alkanes) is 6.